The van der Waals surface area contributed by atoms with Crippen LogP contribution in [0.5, 0.6) is 0 Å². The number of rotatable bonds is 47. The molecule has 1 saturated heterocycles. The van der Waals surface area contributed by atoms with E-state index < -0.39 is 59.8 Å². The standard InChI is InChI=1S/C51H98O12S/c1-3-5-7-9-11-13-15-17-19-20-21-22-23-24-25-26-27-29-31-33-35-37-39-41-59-43-45(44-60-51-49(55)50(63-64(56,57)58)48(54)46(42-52)62-51)61-47(53)40-38-36-34-32-30-28-18-16-14-12-10-8-6-4-2/h16,18,45-46,48-52,54-55H,3-15,17,19-44H2,1-2H3,(H,56,57,58)/b18-16-. The van der Waals surface area contributed by atoms with Gasteiger partial charge in [0, 0.05) is 13.0 Å². The Kier molecular flexibility index (Phi) is 41.0. The Morgan fingerprint density at radius 2 is 0.984 bits per heavy atom. The zero-order chi connectivity index (χ0) is 46.8. The molecule has 4 N–H and O–H groups in total. The molecular formula is C51H98O12S. The van der Waals surface area contributed by atoms with Gasteiger partial charge in [-0.1, -0.05) is 212 Å². The molecule has 0 bridgehead atoms. The van der Waals surface area contributed by atoms with Crippen molar-refractivity contribution in [2.45, 2.75) is 282 Å². The highest BCUT2D eigenvalue weighted by Gasteiger charge is 2.48. The second-order valence-electron chi connectivity index (χ2n) is 18.5. The molecule has 0 radical (unpaired) electrons. The van der Waals surface area contributed by atoms with Gasteiger partial charge in [0.25, 0.3) is 0 Å². The maximum atomic E-state index is 12.9. The van der Waals surface area contributed by atoms with Crippen molar-refractivity contribution >= 4 is 16.4 Å². The summed E-state index contributed by atoms with van der Waals surface area (Å²) in [5.41, 5.74) is 0. The Morgan fingerprint density at radius 3 is 1.41 bits per heavy atom. The van der Waals surface area contributed by atoms with Crippen molar-refractivity contribution in [2.75, 3.05) is 26.4 Å². The maximum absolute atomic E-state index is 12.9. The number of allylic oxidation sites excluding steroid dienone is 2. The van der Waals surface area contributed by atoms with E-state index >= 15 is 0 Å². The predicted molar refractivity (Wildman–Crippen MR) is 258 cm³/mol. The molecule has 380 valence electrons. The Morgan fingerprint density at radius 1 is 0.578 bits per heavy atom. The van der Waals surface area contributed by atoms with Crippen molar-refractivity contribution < 1.29 is 56.2 Å². The monoisotopic (exact) mass is 935 g/mol. The Bertz CT molecular complexity index is 1170. The van der Waals surface area contributed by atoms with E-state index in [9.17, 15) is 33.1 Å². The number of aliphatic hydroxyl groups is 3. The lowest BCUT2D eigenvalue weighted by molar-refractivity contribution is -0.301. The molecule has 12 nitrogen and oxygen atoms in total. The Balaban J connectivity index is 2.30. The van der Waals surface area contributed by atoms with Crippen LogP contribution in [-0.2, 0) is 38.3 Å². The van der Waals surface area contributed by atoms with Gasteiger partial charge in [-0.3, -0.25) is 9.35 Å². The van der Waals surface area contributed by atoms with E-state index in [4.69, 9.17) is 18.9 Å². The minimum atomic E-state index is -5.06. The lowest BCUT2D eigenvalue weighted by atomic mass is 9.99. The summed E-state index contributed by atoms with van der Waals surface area (Å²) in [6.45, 7) is 4.02. The van der Waals surface area contributed by atoms with E-state index in [0.29, 0.717) is 13.0 Å². The first kappa shape index (κ1) is 60.9. The highest BCUT2D eigenvalue weighted by molar-refractivity contribution is 7.80. The van der Waals surface area contributed by atoms with Crippen molar-refractivity contribution in [2.24, 2.45) is 0 Å². The number of hydrogen-bond donors (Lipinski definition) is 4. The van der Waals surface area contributed by atoms with Crippen LogP contribution in [0, 0.1) is 0 Å². The van der Waals surface area contributed by atoms with Gasteiger partial charge in [-0.25, -0.2) is 4.18 Å². The number of hydrogen-bond acceptors (Lipinski definition) is 11. The third-order valence-corrected chi connectivity index (χ3v) is 12.9. The summed E-state index contributed by atoms with van der Waals surface area (Å²) in [5, 5.41) is 30.7. The normalized spacial score (nSPS) is 19.8. The van der Waals surface area contributed by atoms with Gasteiger partial charge in [-0.05, 0) is 38.5 Å². The van der Waals surface area contributed by atoms with Gasteiger partial charge in [-0.15, -0.1) is 0 Å². The molecule has 0 aliphatic carbocycles. The number of esters is 1. The topological polar surface area (TPSA) is 178 Å². The fourth-order valence-electron chi connectivity index (χ4n) is 8.38. The largest absolute Gasteiger partial charge is 0.457 e. The fraction of sp³-hybridized carbons (Fsp3) is 0.941. The second-order valence-corrected chi connectivity index (χ2v) is 19.5. The fourth-order valence-corrected chi connectivity index (χ4v) is 8.88. The van der Waals surface area contributed by atoms with Crippen LogP contribution in [0.4, 0.5) is 0 Å². The lowest BCUT2D eigenvalue weighted by Gasteiger charge is -2.41. The molecule has 0 aromatic heterocycles. The summed E-state index contributed by atoms with van der Waals surface area (Å²) < 4.78 is 59.2. The summed E-state index contributed by atoms with van der Waals surface area (Å²) in [7, 11) is -5.06. The van der Waals surface area contributed by atoms with Crippen molar-refractivity contribution in [1.82, 2.24) is 0 Å². The molecule has 0 saturated carbocycles. The first-order chi connectivity index (χ1) is 31.1. The first-order valence-corrected chi connectivity index (χ1v) is 27.8. The summed E-state index contributed by atoms with van der Waals surface area (Å²) in [4.78, 5) is 12.9. The minimum Gasteiger partial charge on any atom is -0.457 e. The van der Waals surface area contributed by atoms with Gasteiger partial charge < -0.3 is 34.3 Å². The molecule has 6 atom stereocenters. The molecule has 1 fully saturated rings. The molecule has 1 aliphatic rings. The number of unbranched alkanes of at least 4 members (excludes halogenated alkanes) is 32. The molecule has 0 spiro atoms. The van der Waals surface area contributed by atoms with Gasteiger partial charge in [0.1, 0.15) is 30.5 Å². The van der Waals surface area contributed by atoms with Gasteiger partial charge in [0.05, 0.1) is 19.8 Å². The molecule has 1 rings (SSSR count). The van der Waals surface area contributed by atoms with Crippen LogP contribution in [0.1, 0.15) is 245 Å². The minimum absolute atomic E-state index is 0.0388. The zero-order valence-electron chi connectivity index (χ0n) is 40.9. The van der Waals surface area contributed by atoms with Gasteiger partial charge in [0.15, 0.2) is 6.29 Å². The lowest BCUT2D eigenvalue weighted by Crippen LogP contribution is -2.60. The van der Waals surface area contributed by atoms with Gasteiger partial charge in [0.2, 0.25) is 0 Å². The summed E-state index contributed by atoms with van der Waals surface area (Å²) in [6.07, 6.45) is 39.7. The van der Waals surface area contributed by atoms with Crippen LogP contribution in [0.2, 0.25) is 0 Å². The average molecular weight is 935 g/mol. The summed E-state index contributed by atoms with van der Waals surface area (Å²) >= 11 is 0. The molecule has 64 heavy (non-hydrogen) atoms. The molecule has 1 aliphatic heterocycles. The average Bonchev–Trinajstić information content (AvgIpc) is 3.27. The maximum Gasteiger partial charge on any atom is 0.397 e. The highest BCUT2D eigenvalue weighted by Crippen LogP contribution is 2.26. The smallest absolute Gasteiger partial charge is 0.397 e. The van der Waals surface area contributed by atoms with Crippen molar-refractivity contribution in [3.63, 3.8) is 0 Å². The third kappa shape index (κ3) is 36.0. The Labute approximate surface area is 391 Å². The number of aliphatic hydroxyl groups excluding tert-OH is 3. The van der Waals surface area contributed by atoms with Crippen LogP contribution in [0.3, 0.4) is 0 Å². The summed E-state index contributed by atoms with van der Waals surface area (Å²) in [6, 6.07) is 0. The SMILES string of the molecule is CCCCCCC/C=C\CCCCCCCC(=O)OC(COCCCCCCCCCCCCCCCCCCCCCCCCC)COC1OC(CO)C(O)C(OS(=O)(=O)O)C1O. The first-order valence-electron chi connectivity index (χ1n) is 26.4. The quantitative estimate of drug-likeness (QED) is 0.0197. The molecule has 0 aromatic carbocycles. The van der Waals surface area contributed by atoms with E-state index in [1.807, 2.05) is 0 Å². The number of carbonyl (C=O) groups is 1. The number of ether oxygens (including phenoxy) is 4. The van der Waals surface area contributed by atoms with Crippen LogP contribution in [-0.4, -0.2) is 97.5 Å². The van der Waals surface area contributed by atoms with Crippen LogP contribution in [0.15, 0.2) is 12.2 Å². The van der Waals surface area contributed by atoms with E-state index in [-0.39, 0.29) is 19.6 Å². The van der Waals surface area contributed by atoms with Crippen molar-refractivity contribution in [3.8, 4) is 0 Å². The number of carbonyl (C=O) groups excluding carboxylic acids is 1. The third-order valence-electron chi connectivity index (χ3n) is 12.4. The second kappa shape index (κ2) is 43.1. The van der Waals surface area contributed by atoms with Crippen molar-refractivity contribution in [1.29, 1.82) is 0 Å². The molecular weight excluding hydrogens is 837 g/mol. The van der Waals surface area contributed by atoms with E-state index in [1.165, 1.54) is 161 Å². The van der Waals surface area contributed by atoms with Gasteiger partial charge in [-0.2, -0.15) is 8.42 Å². The van der Waals surface area contributed by atoms with E-state index in [0.717, 1.165) is 57.8 Å². The van der Waals surface area contributed by atoms with E-state index in [1.54, 1.807) is 0 Å². The molecule has 0 amide bonds. The van der Waals surface area contributed by atoms with Crippen LogP contribution in [0.25, 0.3) is 0 Å². The van der Waals surface area contributed by atoms with Gasteiger partial charge >= 0.3 is 16.4 Å². The van der Waals surface area contributed by atoms with Crippen LogP contribution < -0.4 is 0 Å². The zero-order valence-corrected chi connectivity index (χ0v) is 41.7. The molecule has 13 heteroatoms. The molecule has 1 heterocycles. The molecule has 0 aromatic rings. The van der Waals surface area contributed by atoms with E-state index in [2.05, 4.69) is 30.2 Å². The molecule has 6 unspecified atom stereocenters. The predicted octanol–water partition coefficient (Wildman–Crippen LogP) is 12.2. The Hall–Kier alpha value is -1.16. The summed E-state index contributed by atoms with van der Waals surface area (Å²) in [5.74, 6) is -0.403. The van der Waals surface area contributed by atoms with Crippen LogP contribution >= 0.6 is 0 Å². The van der Waals surface area contributed by atoms with Crippen molar-refractivity contribution in [3.05, 3.63) is 12.2 Å². The highest BCUT2D eigenvalue weighted by atomic mass is 32.3.